The monoisotopic (exact) mass is 617 g/mol. The predicted molar refractivity (Wildman–Crippen MR) is 166 cm³/mol. The zero-order valence-corrected chi connectivity index (χ0v) is 26.1. The van der Waals surface area contributed by atoms with Crippen molar-refractivity contribution in [3.05, 3.63) is 35.9 Å². The van der Waals surface area contributed by atoms with E-state index in [-0.39, 0.29) is 36.7 Å². The van der Waals surface area contributed by atoms with Crippen LogP contribution in [0, 0.1) is 5.92 Å². The molecule has 1 amide bonds. The lowest BCUT2D eigenvalue weighted by Crippen LogP contribution is -2.25. The second-order valence-corrected chi connectivity index (χ2v) is 11.6. The summed E-state index contributed by atoms with van der Waals surface area (Å²) in [5, 5.41) is 25.9. The van der Waals surface area contributed by atoms with Crippen LogP contribution in [0.3, 0.4) is 0 Å². The van der Waals surface area contributed by atoms with Crippen molar-refractivity contribution in [3.63, 3.8) is 0 Å². The smallest absolute Gasteiger partial charge is 0.308 e. The summed E-state index contributed by atoms with van der Waals surface area (Å²) >= 11 is 0. The maximum atomic E-state index is 11.7. The van der Waals surface area contributed by atoms with E-state index in [4.69, 9.17) is 15.3 Å². The summed E-state index contributed by atoms with van der Waals surface area (Å²) in [6.07, 6.45) is 13.5. The first-order valence-corrected chi connectivity index (χ1v) is 16.1. The molecule has 0 radical (unpaired) electrons. The molecular weight excluding hydrogens is 566 g/mol. The van der Waals surface area contributed by atoms with E-state index < -0.39 is 23.8 Å². The predicted octanol–water partition coefficient (Wildman–Crippen LogP) is 6.44. The van der Waals surface area contributed by atoms with Gasteiger partial charge in [-0.15, -0.1) is 0 Å². The van der Waals surface area contributed by atoms with Gasteiger partial charge in [-0.1, -0.05) is 68.9 Å². The van der Waals surface area contributed by atoms with Gasteiger partial charge in [-0.25, -0.2) is 0 Å². The van der Waals surface area contributed by atoms with Gasteiger partial charge in [0.2, 0.25) is 5.91 Å². The average Bonchev–Trinajstić information content (AvgIpc) is 3.34. The van der Waals surface area contributed by atoms with Gasteiger partial charge in [0, 0.05) is 58.0 Å². The molecule has 3 N–H and O–H groups in total. The Labute approximate surface area is 261 Å². The number of hydrogen-bond acceptors (Lipinski definition) is 6. The summed E-state index contributed by atoms with van der Waals surface area (Å²) in [5.74, 6) is -2.49. The van der Waals surface area contributed by atoms with Gasteiger partial charge in [0.1, 0.15) is 11.6 Å². The van der Waals surface area contributed by atoms with Gasteiger partial charge in [-0.05, 0) is 44.1 Å². The normalized spacial score (nSPS) is 14.1. The van der Waals surface area contributed by atoms with Crippen molar-refractivity contribution in [3.8, 4) is 0 Å². The number of hydrogen-bond donors (Lipinski definition) is 3. The van der Waals surface area contributed by atoms with E-state index in [1.54, 1.807) is 4.90 Å². The Morgan fingerprint density at radius 2 is 0.977 bits per heavy atom. The molecule has 1 heterocycles. The molecule has 0 aliphatic carbocycles. The van der Waals surface area contributed by atoms with E-state index >= 15 is 0 Å². The minimum absolute atomic E-state index is 0.0729. The van der Waals surface area contributed by atoms with Crippen LogP contribution in [0.25, 0.3) is 0 Å². The van der Waals surface area contributed by atoms with Crippen LogP contribution in [-0.4, -0.2) is 62.1 Å². The molecule has 1 unspecified atom stereocenters. The van der Waals surface area contributed by atoms with E-state index in [2.05, 4.69) is 0 Å². The van der Waals surface area contributed by atoms with Crippen molar-refractivity contribution in [1.82, 2.24) is 4.90 Å². The van der Waals surface area contributed by atoms with E-state index in [9.17, 15) is 28.8 Å². The molecule has 1 aromatic rings. The van der Waals surface area contributed by atoms with E-state index in [1.165, 1.54) is 0 Å². The summed E-state index contributed by atoms with van der Waals surface area (Å²) in [6, 6.07) is 9.59. The minimum Gasteiger partial charge on any atom is -0.481 e. The highest BCUT2D eigenvalue weighted by Crippen LogP contribution is 2.20. The molecule has 44 heavy (non-hydrogen) atoms. The fourth-order valence-electron chi connectivity index (χ4n) is 5.05. The number of Topliss-reactive ketones (excluding diaryl/α,β-unsaturated/α-hetero) is 2. The van der Waals surface area contributed by atoms with Gasteiger partial charge in [0.15, 0.2) is 0 Å². The lowest BCUT2D eigenvalue weighted by atomic mass is 10.0. The van der Waals surface area contributed by atoms with E-state index in [1.807, 2.05) is 30.3 Å². The van der Waals surface area contributed by atoms with Crippen molar-refractivity contribution in [1.29, 1.82) is 0 Å². The molecule has 10 heteroatoms. The van der Waals surface area contributed by atoms with Crippen LogP contribution in [0.2, 0.25) is 0 Å². The SMILES string of the molecule is O=C(O)C1CC(=O)N(Cc2ccccc2)C1.O=C(O)CCCCCC(=O)CCCCCCCCC(=O)CCCCCC(=O)O. The number of nitrogens with zero attached hydrogens (tertiary/aromatic N) is 1. The number of carbonyl (C=O) groups is 6. The molecule has 1 fully saturated rings. The maximum Gasteiger partial charge on any atom is 0.308 e. The van der Waals surface area contributed by atoms with Crippen LogP contribution >= 0.6 is 0 Å². The van der Waals surface area contributed by atoms with Crippen LogP contribution in [0.15, 0.2) is 30.3 Å². The summed E-state index contributed by atoms with van der Waals surface area (Å²) in [7, 11) is 0. The summed E-state index contributed by atoms with van der Waals surface area (Å²) < 4.78 is 0. The first-order chi connectivity index (χ1) is 21.1. The van der Waals surface area contributed by atoms with E-state index in [0.29, 0.717) is 51.6 Å². The zero-order valence-electron chi connectivity index (χ0n) is 26.1. The van der Waals surface area contributed by atoms with Crippen LogP contribution in [-0.2, 0) is 35.3 Å². The number of carboxylic acids is 3. The fraction of sp³-hybridized carbons (Fsp3) is 0.647. The third-order valence-electron chi connectivity index (χ3n) is 7.63. The number of likely N-dealkylation sites (tertiary alicyclic amines) is 1. The van der Waals surface area contributed by atoms with Gasteiger partial charge >= 0.3 is 17.9 Å². The van der Waals surface area contributed by atoms with Crippen molar-refractivity contribution >= 4 is 35.4 Å². The maximum absolute atomic E-state index is 11.7. The van der Waals surface area contributed by atoms with Gasteiger partial charge in [0.05, 0.1) is 5.92 Å². The van der Waals surface area contributed by atoms with Crippen LogP contribution in [0.1, 0.15) is 128 Å². The van der Waals surface area contributed by atoms with Gasteiger partial charge in [-0.2, -0.15) is 0 Å². The molecule has 1 aliphatic rings. The lowest BCUT2D eigenvalue weighted by Gasteiger charge is -2.15. The Balaban J connectivity index is 0.000000505. The molecule has 1 saturated heterocycles. The second-order valence-electron chi connectivity index (χ2n) is 11.6. The minimum atomic E-state index is -0.885. The van der Waals surface area contributed by atoms with Gasteiger partial charge in [-0.3, -0.25) is 28.8 Å². The molecule has 0 aromatic heterocycles. The number of carboxylic acid groups (broad SMARTS) is 3. The molecule has 0 saturated carbocycles. The topological polar surface area (TPSA) is 166 Å². The average molecular weight is 618 g/mol. The molecule has 1 aliphatic heterocycles. The highest BCUT2D eigenvalue weighted by Gasteiger charge is 2.33. The Hall–Kier alpha value is -3.56. The van der Waals surface area contributed by atoms with Crippen molar-refractivity contribution in [2.45, 2.75) is 129 Å². The van der Waals surface area contributed by atoms with Crippen LogP contribution < -0.4 is 0 Å². The molecule has 1 aromatic carbocycles. The number of unbranched alkanes of at least 4 members (excludes halogenated alkanes) is 9. The summed E-state index contributed by atoms with van der Waals surface area (Å²) in [5.41, 5.74) is 1.03. The standard InChI is InChI=1S/C22H38O6.C12H13NO3/c23-19(15-9-5-11-17-21(25)26)13-7-3-1-2-4-8-14-20(24)16-10-6-12-18-22(27)28;14-11-6-10(12(15)16)8-13(11)7-9-4-2-1-3-5-9/h1-18H2,(H,25,26)(H,27,28);1-5,10H,6-8H2,(H,15,16). The van der Waals surface area contributed by atoms with Crippen molar-refractivity contribution in [2.24, 2.45) is 5.92 Å². The second kappa shape index (κ2) is 23.8. The Bertz CT molecular complexity index is 983. The molecule has 2 rings (SSSR count). The number of carbonyl (C=O) groups excluding carboxylic acids is 3. The fourth-order valence-corrected chi connectivity index (χ4v) is 5.05. The third-order valence-corrected chi connectivity index (χ3v) is 7.63. The molecule has 10 nitrogen and oxygen atoms in total. The first-order valence-electron chi connectivity index (χ1n) is 16.1. The Morgan fingerprint density at radius 1 is 0.591 bits per heavy atom. The summed E-state index contributed by atoms with van der Waals surface area (Å²) in [4.78, 5) is 68.1. The van der Waals surface area contributed by atoms with E-state index in [0.717, 1.165) is 69.8 Å². The number of rotatable bonds is 24. The highest BCUT2D eigenvalue weighted by atomic mass is 16.4. The van der Waals surface area contributed by atoms with Gasteiger partial charge in [0.25, 0.3) is 0 Å². The largest absolute Gasteiger partial charge is 0.481 e. The number of aliphatic carboxylic acids is 3. The summed E-state index contributed by atoms with van der Waals surface area (Å²) in [6.45, 7) is 0.826. The molecular formula is C34H51NO9. The molecule has 0 spiro atoms. The third kappa shape index (κ3) is 20.4. The Morgan fingerprint density at radius 3 is 1.36 bits per heavy atom. The van der Waals surface area contributed by atoms with Crippen LogP contribution in [0.4, 0.5) is 0 Å². The number of benzene rings is 1. The van der Waals surface area contributed by atoms with Crippen molar-refractivity contribution < 1.29 is 44.1 Å². The lowest BCUT2D eigenvalue weighted by molar-refractivity contribution is -0.142. The zero-order chi connectivity index (χ0) is 32.6. The quantitative estimate of drug-likeness (QED) is 0.111. The molecule has 246 valence electrons. The van der Waals surface area contributed by atoms with Gasteiger partial charge < -0.3 is 20.2 Å². The first kappa shape index (κ1) is 38.5. The Kier molecular flexibility index (Phi) is 20.8. The number of ketones is 2. The highest BCUT2D eigenvalue weighted by molar-refractivity contribution is 5.86. The van der Waals surface area contributed by atoms with Crippen molar-refractivity contribution in [2.75, 3.05) is 6.54 Å². The van der Waals surface area contributed by atoms with Crippen LogP contribution in [0.5, 0.6) is 0 Å². The number of amides is 1. The molecule has 0 bridgehead atoms. The molecule has 1 atom stereocenters.